The predicted molar refractivity (Wildman–Crippen MR) is 79.0 cm³/mol. The lowest BCUT2D eigenvalue weighted by Gasteiger charge is -2.26. The minimum Gasteiger partial charge on any atom is -0.377 e. The molecular formula is C15H13Cl2NO2. The molecule has 1 N–H and O–H groups in total. The minimum absolute atomic E-state index is 0.0734. The Hall–Kier alpha value is -1.42. The Morgan fingerprint density at radius 3 is 2.65 bits per heavy atom. The van der Waals surface area contributed by atoms with Gasteiger partial charge in [-0.15, -0.1) is 0 Å². The number of carbonyl (C=O) groups is 1. The van der Waals surface area contributed by atoms with Crippen molar-refractivity contribution in [2.45, 2.75) is 18.9 Å². The van der Waals surface area contributed by atoms with Crippen LogP contribution in [0.25, 0.3) is 0 Å². The van der Waals surface area contributed by atoms with E-state index in [1.165, 1.54) is 13.1 Å². The Kier molecular flexibility index (Phi) is 4.43. The second kappa shape index (κ2) is 5.92. The van der Waals surface area contributed by atoms with Crippen LogP contribution >= 0.6 is 23.2 Å². The van der Waals surface area contributed by atoms with Crippen LogP contribution in [0.1, 0.15) is 18.1 Å². The van der Waals surface area contributed by atoms with E-state index in [0.29, 0.717) is 21.2 Å². The molecule has 0 amide bonds. The Balaban J connectivity index is 2.42. The summed E-state index contributed by atoms with van der Waals surface area (Å²) in [5.41, 5.74) is -0.553. The Labute approximate surface area is 127 Å². The molecule has 0 spiro atoms. The summed E-state index contributed by atoms with van der Waals surface area (Å²) in [6, 6.07) is 8.30. The van der Waals surface area contributed by atoms with Crippen LogP contribution in [-0.2, 0) is 16.8 Å². The molecule has 5 heteroatoms. The SMILES string of the molecule is CC(=O)C(O)(Cc1ccc(Cl)cc1Cl)c1cccnc1. The first-order valence-electron chi connectivity index (χ1n) is 6.01. The van der Waals surface area contributed by atoms with E-state index in [9.17, 15) is 9.90 Å². The number of rotatable bonds is 4. The van der Waals surface area contributed by atoms with E-state index in [2.05, 4.69) is 4.98 Å². The fourth-order valence-corrected chi connectivity index (χ4v) is 2.45. The van der Waals surface area contributed by atoms with Gasteiger partial charge in [0.25, 0.3) is 0 Å². The fourth-order valence-electron chi connectivity index (χ4n) is 1.98. The normalized spacial score (nSPS) is 13.8. The van der Waals surface area contributed by atoms with E-state index in [-0.39, 0.29) is 12.2 Å². The summed E-state index contributed by atoms with van der Waals surface area (Å²) >= 11 is 11.9. The summed E-state index contributed by atoms with van der Waals surface area (Å²) in [5, 5.41) is 11.6. The van der Waals surface area contributed by atoms with E-state index >= 15 is 0 Å². The summed E-state index contributed by atoms with van der Waals surface area (Å²) < 4.78 is 0. The van der Waals surface area contributed by atoms with Gasteiger partial charge in [0.15, 0.2) is 11.4 Å². The highest BCUT2D eigenvalue weighted by molar-refractivity contribution is 6.35. The smallest absolute Gasteiger partial charge is 0.166 e. The third-order valence-electron chi connectivity index (χ3n) is 3.18. The second-order valence-corrected chi connectivity index (χ2v) is 5.41. The van der Waals surface area contributed by atoms with Gasteiger partial charge in [-0.1, -0.05) is 35.3 Å². The first-order valence-corrected chi connectivity index (χ1v) is 6.77. The summed E-state index contributed by atoms with van der Waals surface area (Å²) in [7, 11) is 0. The van der Waals surface area contributed by atoms with Crippen molar-refractivity contribution in [2.24, 2.45) is 0 Å². The van der Waals surface area contributed by atoms with Crippen LogP contribution in [0.3, 0.4) is 0 Å². The molecule has 0 radical (unpaired) electrons. The number of ketones is 1. The van der Waals surface area contributed by atoms with Gasteiger partial charge in [-0.05, 0) is 30.7 Å². The number of Topliss-reactive ketones (excluding diaryl/α,β-unsaturated/α-hetero) is 1. The number of aliphatic hydroxyl groups is 1. The second-order valence-electron chi connectivity index (χ2n) is 4.57. The number of pyridine rings is 1. The third-order valence-corrected chi connectivity index (χ3v) is 3.77. The number of carbonyl (C=O) groups excluding carboxylic acids is 1. The van der Waals surface area contributed by atoms with Gasteiger partial charge in [0.05, 0.1) is 0 Å². The number of hydrogen-bond donors (Lipinski definition) is 1. The molecule has 3 nitrogen and oxygen atoms in total. The average Bonchev–Trinajstić information content (AvgIpc) is 2.42. The highest BCUT2D eigenvalue weighted by Gasteiger charge is 2.35. The zero-order valence-electron chi connectivity index (χ0n) is 10.8. The van der Waals surface area contributed by atoms with Crippen LogP contribution in [0.5, 0.6) is 0 Å². The van der Waals surface area contributed by atoms with Crippen molar-refractivity contribution < 1.29 is 9.90 Å². The third kappa shape index (κ3) is 3.01. The van der Waals surface area contributed by atoms with Crippen molar-refractivity contribution in [3.63, 3.8) is 0 Å². The van der Waals surface area contributed by atoms with Crippen LogP contribution in [0.15, 0.2) is 42.7 Å². The maximum atomic E-state index is 11.9. The topological polar surface area (TPSA) is 50.2 Å². The quantitative estimate of drug-likeness (QED) is 0.941. The molecule has 1 aromatic carbocycles. The molecule has 1 atom stereocenters. The lowest BCUT2D eigenvalue weighted by atomic mass is 9.85. The summed E-state index contributed by atoms with van der Waals surface area (Å²) in [6.45, 7) is 1.34. The van der Waals surface area contributed by atoms with Gasteiger partial charge in [-0.25, -0.2) is 0 Å². The van der Waals surface area contributed by atoms with E-state index in [1.807, 2.05) is 0 Å². The van der Waals surface area contributed by atoms with Crippen molar-refractivity contribution in [1.82, 2.24) is 4.98 Å². The molecule has 0 fully saturated rings. The first-order chi connectivity index (χ1) is 9.43. The van der Waals surface area contributed by atoms with Crippen molar-refractivity contribution in [3.05, 3.63) is 63.9 Å². The molecule has 2 rings (SSSR count). The molecule has 104 valence electrons. The van der Waals surface area contributed by atoms with Crippen LogP contribution in [0, 0.1) is 0 Å². The van der Waals surface area contributed by atoms with Gasteiger partial charge in [0, 0.05) is 34.4 Å². The van der Waals surface area contributed by atoms with Crippen LogP contribution in [0.2, 0.25) is 10.0 Å². The van der Waals surface area contributed by atoms with Gasteiger partial charge in [-0.3, -0.25) is 9.78 Å². The number of aromatic nitrogens is 1. The van der Waals surface area contributed by atoms with E-state index in [4.69, 9.17) is 23.2 Å². The maximum absolute atomic E-state index is 11.9. The van der Waals surface area contributed by atoms with Gasteiger partial charge in [-0.2, -0.15) is 0 Å². The Morgan fingerprint density at radius 1 is 1.35 bits per heavy atom. The molecule has 2 aromatic rings. The molecule has 1 unspecified atom stereocenters. The summed E-state index contributed by atoms with van der Waals surface area (Å²) in [4.78, 5) is 15.8. The van der Waals surface area contributed by atoms with Crippen molar-refractivity contribution in [3.8, 4) is 0 Å². The molecular weight excluding hydrogens is 297 g/mol. The van der Waals surface area contributed by atoms with Crippen LogP contribution in [0.4, 0.5) is 0 Å². The zero-order chi connectivity index (χ0) is 14.8. The van der Waals surface area contributed by atoms with Gasteiger partial charge >= 0.3 is 0 Å². The lowest BCUT2D eigenvalue weighted by molar-refractivity contribution is -0.136. The van der Waals surface area contributed by atoms with Gasteiger partial charge in [0.2, 0.25) is 0 Å². The van der Waals surface area contributed by atoms with Crippen LogP contribution < -0.4 is 0 Å². The molecule has 0 aliphatic heterocycles. The van der Waals surface area contributed by atoms with Crippen LogP contribution in [-0.4, -0.2) is 15.9 Å². The zero-order valence-corrected chi connectivity index (χ0v) is 12.3. The molecule has 1 aromatic heterocycles. The van der Waals surface area contributed by atoms with Crippen molar-refractivity contribution in [1.29, 1.82) is 0 Å². The summed E-state index contributed by atoms with van der Waals surface area (Å²) in [6.07, 6.45) is 3.13. The number of nitrogens with zero attached hydrogens (tertiary/aromatic N) is 1. The Bertz CT molecular complexity index is 631. The molecule has 0 saturated heterocycles. The van der Waals surface area contributed by atoms with E-state index in [0.717, 1.165) is 0 Å². The summed E-state index contributed by atoms with van der Waals surface area (Å²) in [5.74, 6) is -0.364. The molecule has 0 saturated carbocycles. The predicted octanol–water partition coefficient (Wildman–Crippen LogP) is 3.41. The number of benzene rings is 1. The van der Waals surface area contributed by atoms with E-state index < -0.39 is 5.60 Å². The number of halogens is 2. The standard InChI is InChI=1S/C15H13Cl2NO2/c1-10(19)15(20,12-3-2-6-18-9-12)8-11-4-5-13(16)7-14(11)17/h2-7,9,20H,8H2,1H3. The highest BCUT2D eigenvalue weighted by Crippen LogP contribution is 2.30. The highest BCUT2D eigenvalue weighted by atomic mass is 35.5. The average molecular weight is 310 g/mol. The fraction of sp³-hybridized carbons (Fsp3) is 0.200. The molecule has 20 heavy (non-hydrogen) atoms. The largest absolute Gasteiger partial charge is 0.377 e. The lowest BCUT2D eigenvalue weighted by Crippen LogP contribution is -2.36. The molecule has 1 heterocycles. The minimum atomic E-state index is -1.65. The molecule has 0 aliphatic carbocycles. The van der Waals surface area contributed by atoms with E-state index in [1.54, 1.807) is 36.5 Å². The van der Waals surface area contributed by atoms with Gasteiger partial charge in [0.1, 0.15) is 0 Å². The molecule has 0 bridgehead atoms. The van der Waals surface area contributed by atoms with Crippen molar-refractivity contribution >= 4 is 29.0 Å². The van der Waals surface area contributed by atoms with Gasteiger partial charge < -0.3 is 5.11 Å². The van der Waals surface area contributed by atoms with Crippen molar-refractivity contribution in [2.75, 3.05) is 0 Å². The number of hydrogen-bond acceptors (Lipinski definition) is 3. The molecule has 0 aliphatic rings. The Morgan fingerprint density at radius 2 is 2.10 bits per heavy atom. The first kappa shape index (κ1) is 15.0. The maximum Gasteiger partial charge on any atom is 0.166 e. The monoisotopic (exact) mass is 309 g/mol.